The Morgan fingerprint density at radius 2 is 2.00 bits per heavy atom. The topological polar surface area (TPSA) is 99.8 Å². The molecule has 1 amide bonds. The minimum atomic E-state index is -0.525. The molecule has 9 heteroatoms. The lowest BCUT2D eigenvalue weighted by atomic mass is 9.69. The molecule has 1 unspecified atom stereocenters. The Kier molecular flexibility index (Phi) is 5.69. The van der Waals surface area contributed by atoms with Gasteiger partial charge < -0.3 is 14.6 Å². The molecule has 5 heterocycles. The quantitative estimate of drug-likeness (QED) is 0.279. The van der Waals surface area contributed by atoms with E-state index in [1.165, 1.54) is 11.8 Å². The minimum absolute atomic E-state index is 0.164. The molecule has 1 aliphatic carbocycles. The summed E-state index contributed by atoms with van der Waals surface area (Å²) in [5.41, 5.74) is 6.14. The molecule has 4 aromatic heterocycles. The normalized spacial score (nSPS) is 17.2. The van der Waals surface area contributed by atoms with E-state index in [9.17, 15) is 9.18 Å². The highest BCUT2D eigenvalue weighted by atomic mass is 19.1. The first-order valence-electron chi connectivity index (χ1n) is 13.6. The van der Waals surface area contributed by atoms with Crippen LogP contribution in [0.3, 0.4) is 0 Å². The molecule has 2 N–H and O–H groups in total. The zero-order valence-corrected chi connectivity index (χ0v) is 22.4. The van der Waals surface area contributed by atoms with Crippen molar-refractivity contribution in [2.24, 2.45) is 5.41 Å². The number of hydrogen-bond donors (Lipinski definition) is 2. The predicted octanol–water partition coefficient (Wildman–Crippen LogP) is 6.20. The number of carbonyl (C=O) groups excluding carboxylic acids is 1. The van der Waals surface area contributed by atoms with Crippen LogP contribution in [0.2, 0.25) is 0 Å². The summed E-state index contributed by atoms with van der Waals surface area (Å²) in [4.78, 5) is 25.4. The van der Waals surface area contributed by atoms with Crippen molar-refractivity contribution in [2.75, 3.05) is 13.1 Å². The van der Waals surface area contributed by atoms with E-state index in [4.69, 9.17) is 9.72 Å². The number of H-pyrrole nitrogens is 2. The molecule has 0 saturated carbocycles. The summed E-state index contributed by atoms with van der Waals surface area (Å²) in [6.45, 7) is 5.20. The van der Waals surface area contributed by atoms with Gasteiger partial charge in [-0.2, -0.15) is 5.10 Å². The average Bonchev–Trinajstić information content (AvgIpc) is 3.58. The molecule has 2 aliphatic rings. The predicted molar refractivity (Wildman–Crippen MR) is 151 cm³/mol. The van der Waals surface area contributed by atoms with E-state index in [0.29, 0.717) is 22.3 Å². The van der Waals surface area contributed by atoms with Crippen molar-refractivity contribution in [3.8, 4) is 17.0 Å². The number of aromatic amines is 2. The zero-order valence-electron chi connectivity index (χ0n) is 22.4. The summed E-state index contributed by atoms with van der Waals surface area (Å²) in [5.74, 6) is 0.384. The van der Waals surface area contributed by atoms with Gasteiger partial charge in [0.1, 0.15) is 29.0 Å². The second-order valence-corrected chi connectivity index (χ2v) is 11.0. The Morgan fingerprint density at radius 3 is 2.75 bits per heavy atom. The number of pyridine rings is 2. The third kappa shape index (κ3) is 4.13. The highest BCUT2D eigenvalue weighted by Crippen LogP contribution is 2.45. The SMILES string of the molecule is CC(=O)N1CC2(CC=C(c3ccc(-c4n[nH]c5ccc(OC(C)c6c(F)cnc7[nH]ccc67)cc45)cn3)CC2)C1. The molecule has 1 aromatic carbocycles. The van der Waals surface area contributed by atoms with E-state index < -0.39 is 11.9 Å². The number of halogens is 1. The van der Waals surface area contributed by atoms with E-state index in [2.05, 4.69) is 38.4 Å². The fourth-order valence-electron chi connectivity index (χ4n) is 6.14. The number of rotatable bonds is 5. The first kappa shape index (κ1) is 24.5. The van der Waals surface area contributed by atoms with Crippen LogP contribution in [0.25, 0.3) is 38.8 Å². The average molecular weight is 537 g/mol. The number of aromatic nitrogens is 5. The van der Waals surface area contributed by atoms with Gasteiger partial charge in [0.2, 0.25) is 5.91 Å². The van der Waals surface area contributed by atoms with Crippen molar-refractivity contribution in [2.45, 2.75) is 39.2 Å². The lowest BCUT2D eigenvalue weighted by Crippen LogP contribution is -2.58. The lowest BCUT2D eigenvalue weighted by molar-refractivity contribution is -0.141. The third-order valence-corrected chi connectivity index (χ3v) is 8.40. The summed E-state index contributed by atoms with van der Waals surface area (Å²) >= 11 is 0. The van der Waals surface area contributed by atoms with Crippen LogP contribution in [0.1, 0.15) is 50.5 Å². The number of likely N-dealkylation sites (tertiary alicyclic amines) is 1. The van der Waals surface area contributed by atoms with Gasteiger partial charge >= 0.3 is 0 Å². The van der Waals surface area contributed by atoms with Gasteiger partial charge in [-0.3, -0.25) is 14.9 Å². The largest absolute Gasteiger partial charge is 0.486 e. The van der Waals surface area contributed by atoms with Crippen molar-refractivity contribution in [3.63, 3.8) is 0 Å². The smallest absolute Gasteiger partial charge is 0.219 e. The van der Waals surface area contributed by atoms with Crippen LogP contribution < -0.4 is 4.74 Å². The van der Waals surface area contributed by atoms with Crippen LogP contribution in [0.15, 0.2) is 61.1 Å². The fraction of sp³-hybridized carbons (Fsp3) is 0.290. The van der Waals surface area contributed by atoms with Crippen LogP contribution in [-0.4, -0.2) is 49.0 Å². The summed E-state index contributed by atoms with van der Waals surface area (Å²) in [5, 5.41) is 9.26. The van der Waals surface area contributed by atoms with Gasteiger partial charge in [0, 0.05) is 59.7 Å². The van der Waals surface area contributed by atoms with E-state index in [1.807, 2.05) is 42.3 Å². The van der Waals surface area contributed by atoms with Gasteiger partial charge in [-0.25, -0.2) is 9.37 Å². The number of nitrogens with one attached hydrogen (secondary N) is 2. The Bertz CT molecular complexity index is 1780. The molecule has 8 nitrogen and oxygen atoms in total. The molecular weight excluding hydrogens is 507 g/mol. The van der Waals surface area contributed by atoms with Crippen LogP contribution in [-0.2, 0) is 4.79 Å². The maximum Gasteiger partial charge on any atom is 0.219 e. The van der Waals surface area contributed by atoms with Gasteiger partial charge in [0.05, 0.1) is 17.4 Å². The lowest BCUT2D eigenvalue weighted by Gasteiger charge is -2.51. The number of allylic oxidation sites excluding steroid dienone is 2. The number of carbonyl (C=O) groups is 1. The number of benzene rings is 1. The maximum absolute atomic E-state index is 14.7. The first-order valence-corrected chi connectivity index (χ1v) is 13.6. The number of ether oxygens (including phenoxy) is 1. The van der Waals surface area contributed by atoms with E-state index in [-0.39, 0.29) is 11.3 Å². The monoisotopic (exact) mass is 536 g/mol. The molecule has 7 rings (SSSR count). The molecule has 40 heavy (non-hydrogen) atoms. The second kappa shape index (κ2) is 9.29. The first-order chi connectivity index (χ1) is 19.4. The summed E-state index contributed by atoms with van der Waals surface area (Å²) in [6.07, 6.45) is 9.63. The van der Waals surface area contributed by atoms with Crippen molar-refractivity contribution in [3.05, 3.63) is 78.1 Å². The summed E-state index contributed by atoms with van der Waals surface area (Å²) in [6, 6.07) is 11.6. The Labute approximate surface area is 230 Å². The molecule has 1 spiro atoms. The van der Waals surface area contributed by atoms with Crippen LogP contribution in [0.4, 0.5) is 4.39 Å². The molecule has 1 saturated heterocycles. The molecule has 5 aromatic rings. The molecule has 1 fully saturated rings. The Balaban J connectivity index is 1.10. The highest BCUT2D eigenvalue weighted by Gasteiger charge is 2.44. The van der Waals surface area contributed by atoms with Crippen LogP contribution >= 0.6 is 0 Å². The van der Waals surface area contributed by atoms with Gasteiger partial charge in [-0.15, -0.1) is 0 Å². The van der Waals surface area contributed by atoms with E-state index in [1.54, 1.807) is 13.1 Å². The maximum atomic E-state index is 14.7. The summed E-state index contributed by atoms with van der Waals surface area (Å²) < 4.78 is 20.9. The molecule has 0 bridgehead atoms. The highest BCUT2D eigenvalue weighted by molar-refractivity contribution is 5.93. The van der Waals surface area contributed by atoms with Gasteiger partial charge in [-0.1, -0.05) is 6.08 Å². The second-order valence-electron chi connectivity index (χ2n) is 11.0. The van der Waals surface area contributed by atoms with Gasteiger partial charge in [0.15, 0.2) is 0 Å². The van der Waals surface area contributed by atoms with Crippen LogP contribution in [0.5, 0.6) is 5.75 Å². The van der Waals surface area contributed by atoms with E-state index >= 15 is 0 Å². The molecule has 202 valence electrons. The standard InChI is InChI=1S/C31H29FN6O2/c1-18(28-23-9-12-33-30(23)35-15-25(28)32)40-22-4-6-27-24(13-22)29(37-36-27)21-3-5-26(34-14-21)20-7-10-31(11-8-20)16-38(17-31)19(2)39/h3-7,9,12-15,18H,8,10-11,16-17H2,1-2H3,(H,33,35)(H,36,37). The number of amides is 1. The molecule has 0 radical (unpaired) electrons. The Morgan fingerprint density at radius 1 is 1.12 bits per heavy atom. The van der Waals surface area contributed by atoms with Crippen LogP contribution in [0, 0.1) is 11.2 Å². The number of hydrogen-bond acceptors (Lipinski definition) is 5. The van der Waals surface area contributed by atoms with Gasteiger partial charge in [-0.05, 0) is 68.2 Å². The third-order valence-electron chi connectivity index (χ3n) is 8.40. The van der Waals surface area contributed by atoms with E-state index in [0.717, 1.165) is 60.2 Å². The van der Waals surface area contributed by atoms with Crippen molar-refractivity contribution in [1.29, 1.82) is 0 Å². The molecule has 1 atom stereocenters. The van der Waals surface area contributed by atoms with Crippen molar-refractivity contribution in [1.82, 2.24) is 30.0 Å². The van der Waals surface area contributed by atoms with Crippen molar-refractivity contribution < 1.29 is 13.9 Å². The van der Waals surface area contributed by atoms with Gasteiger partial charge in [0.25, 0.3) is 0 Å². The Hall–Kier alpha value is -4.53. The minimum Gasteiger partial charge on any atom is -0.486 e. The number of fused-ring (bicyclic) bond motifs is 2. The molecule has 1 aliphatic heterocycles. The molecular formula is C31H29FN6O2. The number of nitrogens with zero attached hydrogens (tertiary/aromatic N) is 4. The summed E-state index contributed by atoms with van der Waals surface area (Å²) in [7, 11) is 0. The fourth-order valence-corrected chi connectivity index (χ4v) is 6.14. The van der Waals surface area contributed by atoms with Crippen molar-refractivity contribution >= 4 is 33.4 Å². The zero-order chi connectivity index (χ0) is 27.4.